The molecule has 0 saturated heterocycles. The number of fused-ring (bicyclic) bond motifs is 4. The number of benzene rings is 2. The van der Waals surface area contributed by atoms with E-state index in [-0.39, 0.29) is 67.4 Å². The van der Waals surface area contributed by atoms with E-state index in [9.17, 15) is 19.2 Å². The van der Waals surface area contributed by atoms with Gasteiger partial charge in [-0.25, -0.2) is 0 Å². The van der Waals surface area contributed by atoms with E-state index in [1.54, 1.807) is 6.07 Å². The summed E-state index contributed by atoms with van der Waals surface area (Å²) in [5.41, 5.74) is 4.07. The molecule has 2 aromatic carbocycles. The van der Waals surface area contributed by atoms with Gasteiger partial charge in [0.15, 0.2) is 5.78 Å². The number of amides is 2. The molecule has 49 heavy (non-hydrogen) atoms. The fourth-order valence-corrected chi connectivity index (χ4v) is 6.13. The normalized spacial score (nSPS) is 16.3. The van der Waals surface area contributed by atoms with Crippen molar-refractivity contribution in [1.82, 2.24) is 14.9 Å². The standard InChI is InChI=1S/C22H26NO7.C16H16N2.Li/c1-2-28-10-11-29-12-13-30-16-7-8-17-18(14-16)22(27)23(21(17)26)19-9-6-15(24)4-3-5-20(19)25;1-3-11(4-2)12-5-6-13-14-10-17-8-7-15(14)18-16(13)9-12;/h7-8,14,19H,1-6,9-13H2;5-11,18H,1-4H2;/q-1;-2;+1. The van der Waals surface area contributed by atoms with Crippen molar-refractivity contribution in [2.45, 2.75) is 56.9 Å². The summed E-state index contributed by atoms with van der Waals surface area (Å²) in [4.78, 5) is 58.7. The maximum atomic E-state index is 12.9. The molecule has 1 saturated carbocycles. The maximum absolute atomic E-state index is 12.9. The van der Waals surface area contributed by atoms with Gasteiger partial charge in [-0.05, 0) is 48.7 Å². The Hall–Kier alpha value is -3.81. The monoisotopic (exact) mass is 659 g/mol. The number of aromatic nitrogens is 2. The van der Waals surface area contributed by atoms with Crippen LogP contribution < -0.4 is 23.6 Å². The summed E-state index contributed by atoms with van der Waals surface area (Å²) in [6.45, 7) is 13.5. The Bertz CT molecular complexity index is 1770. The van der Waals surface area contributed by atoms with Gasteiger partial charge in [0.1, 0.15) is 18.1 Å². The van der Waals surface area contributed by atoms with Crippen molar-refractivity contribution in [1.29, 1.82) is 0 Å². The Labute approximate surface area is 299 Å². The van der Waals surface area contributed by atoms with Crippen LogP contribution in [0, 0.1) is 20.8 Å². The first-order chi connectivity index (χ1) is 23.4. The number of nitrogens with one attached hydrogen (secondary N) is 1. The van der Waals surface area contributed by atoms with Crippen LogP contribution >= 0.6 is 0 Å². The first-order valence-electron chi connectivity index (χ1n) is 16.4. The van der Waals surface area contributed by atoms with Crippen LogP contribution in [0.3, 0.4) is 0 Å². The van der Waals surface area contributed by atoms with E-state index in [0.717, 1.165) is 23.3 Å². The number of ether oxygens (including phenoxy) is 3. The number of Topliss-reactive ketones (excluding diaryl/α,β-unsaturated/α-hetero) is 2. The van der Waals surface area contributed by atoms with Gasteiger partial charge in [-0.2, -0.15) is 12.8 Å². The Balaban J connectivity index is 0.000000242. The van der Waals surface area contributed by atoms with Gasteiger partial charge in [0.25, 0.3) is 11.8 Å². The maximum Gasteiger partial charge on any atom is 1.00 e. The summed E-state index contributed by atoms with van der Waals surface area (Å²) in [5, 5.41) is 2.41. The molecule has 1 N–H and O–H groups in total. The molecule has 11 heteroatoms. The van der Waals surface area contributed by atoms with Gasteiger partial charge >= 0.3 is 18.9 Å². The number of hydrogen-bond acceptors (Lipinski definition) is 8. The smallest absolute Gasteiger partial charge is 0.491 e. The Morgan fingerprint density at radius 1 is 0.816 bits per heavy atom. The third-order valence-electron chi connectivity index (χ3n) is 8.75. The number of aromatic amines is 1. The van der Waals surface area contributed by atoms with E-state index in [1.807, 2.05) is 18.5 Å². The van der Waals surface area contributed by atoms with Gasteiger partial charge in [0.2, 0.25) is 0 Å². The second-order valence-electron chi connectivity index (χ2n) is 11.8. The Morgan fingerprint density at radius 3 is 2.35 bits per heavy atom. The Kier molecular flexibility index (Phi) is 14.2. The number of carbonyl (C=O) groups is 4. The molecule has 2 aromatic heterocycles. The van der Waals surface area contributed by atoms with Crippen LogP contribution in [0.4, 0.5) is 0 Å². The van der Waals surface area contributed by atoms with Crippen LogP contribution in [0.15, 0.2) is 54.9 Å². The van der Waals surface area contributed by atoms with E-state index < -0.39 is 17.9 Å². The molecule has 254 valence electrons. The zero-order chi connectivity index (χ0) is 34.0. The van der Waals surface area contributed by atoms with Crippen molar-refractivity contribution in [2.24, 2.45) is 0 Å². The first kappa shape index (κ1) is 38.0. The van der Waals surface area contributed by atoms with Gasteiger partial charge in [0.05, 0.1) is 37.0 Å². The van der Waals surface area contributed by atoms with Crippen LogP contribution in [-0.4, -0.2) is 77.3 Å². The number of carbonyl (C=O) groups excluding carboxylic acids is 4. The van der Waals surface area contributed by atoms with Gasteiger partial charge in [-0.3, -0.25) is 29.1 Å². The summed E-state index contributed by atoms with van der Waals surface area (Å²) >= 11 is 0. The summed E-state index contributed by atoms with van der Waals surface area (Å²) in [6, 6.07) is 12.4. The molecule has 6 rings (SSSR count). The van der Waals surface area contributed by atoms with Crippen LogP contribution in [0.2, 0.25) is 0 Å². The largest absolute Gasteiger partial charge is 1.00 e. The van der Waals surface area contributed by atoms with Gasteiger partial charge < -0.3 is 40.0 Å². The number of ketones is 2. The molecule has 1 unspecified atom stereocenters. The van der Waals surface area contributed by atoms with Crippen molar-refractivity contribution < 1.29 is 52.2 Å². The molecule has 0 bridgehead atoms. The number of H-pyrrole nitrogens is 1. The molecule has 2 aliphatic rings. The third kappa shape index (κ3) is 9.06. The van der Waals surface area contributed by atoms with Crippen molar-refractivity contribution in [3.63, 3.8) is 0 Å². The number of imide groups is 1. The van der Waals surface area contributed by atoms with E-state index in [0.29, 0.717) is 50.9 Å². The average molecular weight is 660 g/mol. The summed E-state index contributed by atoms with van der Waals surface area (Å²) < 4.78 is 16.0. The van der Waals surface area contributed by atoms with E-state index in [1.165, 1.54) is 34.0 Å². The van der Waals surface area contributed by atoms with Crippen LogP contribution in [0.25, 0.3) is 21.8 Å². The SMILES string of the molecule is [CH2-]CC(C[CH2-])c1ccc2c(c1)[nH]c1ccncc12.[CH2-]COCCOCCOc1ccc2c(c1)C(=O)N(C1CCC(=O)CCCC1=O)C2=O.[Li+]. The quantitative estimate of drug-likeness (QED) is 0.106. The minimum atomic E-state index is -0.889. The second-order valence-corrected chi connectivity index (χ2v) is 11.8. The second kappa shape index (κ2) is 18.3. The zero-order valence-corrected chi connectivity index (χ0v) is 28.2. The van der Waals surface area contributed by atoms with Crippen LogP contribution in [0.1, 0.15) is 77.1 Å². The fourth-order valence-electron chi connectivity index (χ4n) is 6.13. The zero-order valence-electron chi connectivity index (χ0n) is 28.2. The molecule has 1 atom stereocenters. The van der Waals surface area contributed by atoms with Crippen LogP contribution in [-0.2, 0) is 19.1 Å². The molecule has 0 radical (unpaired) electrons. The minimum Gasteiger partial charge on any atom is -0.491 e. The summed E-state index contributed by atoms with van der Waals surface area (Å²) in [5.74, 6) is -0.254. The van der Waals surface area contributed by atoms with E-state index in [4.69, 9.17) is 14.2 Å². The van der Waals surface area contributed by atoms with Gasteiger partial charge in [-0.1, -0.05) is 24.7 Å². The molecule has 1 aliphatic carbocycles. The Morgan fingerprint density at radius 2 is 1.57 bits per heavy atom. The van der Waals surface area contributed by atoms with Crippen molar-refractivity contribution in [2.75, 3.05) is 33.0 Å². The molecular formula is C38H42LiN3O7-2. The number of nitrogens with zero attached hydrogens (tertiary/aromatic N) is 2. The predicted molar refractivity (Wildman–Crippen MR) is 183 cm³/mol. The van der Waals surface area contributed by atoms with Crippen molar-refractivity contribution >= 4 is 45.2 Å². The molecule has 1 aliphatic heterocycles. The minimum absolute atomic E-state index is 0. The fraction of sp³-hybridized carbons (Fsp3) is 0.368. The topological polar surface area (TPSA) is 128 Å². The number of rotatable bonds is 12. The molecular weight excluding hydrogens is 617 g/mol. The average Bonchev–Trinajstić information content (AvgIpc) is 3.58. The molecule has 3 heterocycles. The molecule has 4 aromatic rings. The number of pyridine rings is 1. The van der Waals surface area contributed by atoms with Gasteiger partial charge in [0, 0.05) is 53.5 Å². The summed E-state index contributed by atoms with van der Waals surface area (Å²) in [7, 11) is 0. The van der Waals surface area contributed by atoms with Crippen molar-refractivity contribution in [3.8, 4) is 5.75 Å². The predicted octanol–water partition coefficient (Wildman–Crippen LogP) is 3.25. The summed E-state index contributed by atoms with van der Waals surface area (Å²) in [6.07, 6.45) is 6.89. The molecule has 2 amide bonds. The molecule has 1 fully saturated rings. The molecule has 10 nitrogen and oxygen atoms in total. The third-order valence-corrected chi connectivity index (χ3v) is 8.75. The number of hydrogen-bond donors (Lipinski definition) is 1. The first-order valence-corrected chi connectivity index (χ1v) is 16.4. The van der Waals surface area contributed by atoms with E-state index >= 15 is 0 Å². The van der Waals surface area contributed by atoms with Crippen LogP contribution in [0.5, 0.6) is 5.75 Å². The molecule has 0 spiro atoms. The van der Waals surface area contributed by atoms with Gasteiger partial charge in [-0.15, -0.1) is 0 Å². The van der Waals surface area contributed by atoms with Crippen molar-refractivity contribution in [3.05, 3.63) is 92.3 Å². The van der Waals surface area contributed by atoms with E-state index in [2.05, 4.69) is 48.9 Å².